The van der Waals surface area contributed by atoms with Crippen LogP contribution in [0.3, 0.4) is 0 Å². The molecule has 6 heteroatoms. The normalized spacial score (nSPS) is 13.2. The van der Waals surface area contributed by atoms with Gasteiger partial charge in [-0.05, 0) is 128 Å². The van der Waals surface area contributed by atoms with E-state index in [0.717, 1.165) is 122 Å². The fraction of sp³-hybridized carbons (Fsp3) is 0.591. The first kappa shape index (κ1) is 67.3. The monoisotopic (exact) mass is 993 g/mol. The Balaban J connectivity index is 4.61. The van der Waals surface area contributed by atoms with E-state index < -0.39 is 6.10 Å². The summed E-state index contributed by atoms with van der Waals surface area (Å²) in [6.07, 6.45) is 84.2. The summed E-state index contributed by atoms with van der Waals surface area (Å²) in [4.78, 5) is 38.2. The maximum atomic E-state index is 12.9. The molecule has 0 unspecified atom stereocenters. The molecular formula is C66H104O6. The van der Waals surface area contributed by atoms with Gasteiger partial charge < -0.3 is 14.2 Å². The first-order chi connectivity index (χ1) is 35.5. The van der Waals surface area contributed by atoms with Gasteiger partial charge in [0.2, 0.25) is 0 Å². The number of carbonyl (C=O) groups is 3. The molecule has 0 aromatic rings. The van der Waals surface area contributed by atoms with E-state index in [1.165, 1.54) is 57.8 Å². The van der Waals surface area contributed by atoms with Gasteiger partial charge in [-0.3, -0.25) is 14.4 Å². The molecule has 0 fully saturated rings. The first-order valence-corrected chi connectivity index (χ1v) is 28.8. The molecule has 6 nitrogen and oxygen atoms in total. The number of allylic oxidation sites excluding steroid dienone is 24. The summed E-state index contributed by atoms with van der Waals surface area (Å²) in [6.45, 7) is 6.30. The lowest BCUT2D eigenvalue weighted by atomic mass is 10.1. The van der Waals surface area contributed by atoms with Crippen LogP contribution in [0.2, 0.25) is 0 Å². The zero-order valence-corrected chi connectivity index (χ0v) is 46.1. The van der Waals surface area contributed by atoms with Crippen molar-refractivity contribution < 1.29 is 28.6 Å². The van der Waals surface area contributed by atoms with Gasteiger partial charge in [0.15, 0.2) is 6.10 Å². The average Bonchev–Trinajstić information content (AvgIpc) is 3.38. The number of rotatable bonds is 50. The van der Waals surface area contributed by atoms with Gasteiger partial charge in [-0.25, -0.2) is 0 Å². The van der Waals surface area contributed by atoms with E-state index in [1.54, 1.807) is 0 Å². The van der Waals surface area contributed by atoms with Gasteiger partial charge in [0.05, 0.1) is 0 Å². The molecule has 0 aromatic carbocycles. The predicted octanol–water partition coefficient (Wildman–Crippen LogP) is 19.6. The van der Waals surface area contributed by atoms with Crippen LogP contribution in [0, 0.1) is 0 Å². The second kappa shape index (κ2) is 58.9. The fourth-order valence-corrected chi connectivity index (χ4v) is 7.31. The number of ether oxygens (including phenoxy) is 3. The summed E-state index contributed by atoms with van der Waals surface area (Å²) in [5.41, 5.74) is 0. The van der Waals surface area contributed by atoms with Crippen LogP contribution in [0.5, 0.6) is 0 Å². The predicted molar refractivity (Wildman–Crippen MR) is 311 cm³/mol. The van der Waals surface area contributed by atoms with Crippen molar-refractivity contribution in [2.24, 2.45) is 0 Å². The lowest BCUT2D eigenvalue weighted by molar-refractivity contribution is -0.166. The fourth-order valence-electron chi connectivity index (χ4n) is 7.31. The molecule has 0 saturated heterocycles. The van der Waals surface area contributed by atoms with Crippen molar-refractivity contribution in [3.63, 3.8) is 0 Å². The van der Waals surface area contributed by atoms with E-state index in [1.807, 2.05) is 12.2 Å². The number of esters is 3. The quantitative estimate of drug-likeness (QED) is 0.0261. The number of unbranched alkanes of at least 4 members (excludes halogenated alkanes) is 15. The second-order valence-electron chi connectivity index (χ2n) is 18.4. The Bertz CT molecular complexity index is 1610. The summed E-state index contributed by atoms with van der Waals surface area (Å²) in [7, 11) is 0. The zero-order valence-electron chi connectivity index (χ0n) is 46.1. The van der Waals surface area contributed by atoms with Crippen molar-refractivity contribution in [1.29, 1.82) is 0 Å². The van der Waals surface area contributed by atoms with E-state index in [9.17, 15) is 14.4 Å². The molecule has 0 spiro atoms. The lowest BCUT2D eigenvalue weighted by Crippen LogP contribution is -2.30. The number of carbonyl (C=O) groups excluding carboxylic acids is 3. The summed E-state index contributed by atoms with van der Waals surface area (Å²) in [5, 5.41) is 0. The molecule has 0 radical (unpaired) electrons. The van der Waals surface area contributed by atoms with Crippen LogP contribution in [0.15, 0.2) is 146 Å². The highest BCUT2D eigenvalue weighted by atomic mass is 16.6. The van der Waals surface area contributed by atoms with Crippen LogP contribution in [0.1, 0.15) is 233 Å². The molecule has 0 aromatic heterocycles. The van der Waals surface area contributed by atoms with Gasteiger partial charge in [0.1, 0.15) is 13.2 Å². The maximum Gasteiger partial charge on any atom is 0.306 e. The van der Waals surface area contributed by atoms with Crippen LogP contribution >= 0.6 is 0 Å². The highest BCUT2D eigenvalue weighted by molar-refractivity contribution is 5.71. The van der Waals surface area contributed by atoms with Gasteiger partial charge in [-0.2, -0.15) is 0 Å². The molecule has 404 valence electrons. The smallest absolute Gasteiger partial charge is 0.306 e. The van der Waals surface area contributed by atoms with E-state index >= 15 is 0 Å². The standard InChI is InChI=1S/C66H104O6/c1-4-7-10-13-16-19-22-25-28-31-33-35-38-41-44-47-50-53-56-59-65(68)71-62-63(61-70-64(67)58-55-52-49-46-43-40-37-30-27-24-21-18-15-12-9-6-3)72-66(69)60-57-54-51-48-45-42-39-36-34-32-29-26-23-20-17-14-11-8-5-2/h7-8,10-11,16-17,19-20,25-26,28-30,33-37,41-42,44-45,50,53,63H,4-6,9,12-15,18,21-24,27,31-32,38-40,43,46-49,51-52,54-62H2,1-3H3/b10-7-,11-8-,19-16-,20-17-,28-25-,29-26-,35-33-,36-34-,37-30-,44-41-,45-42-,53-50-/t63-/m1/s1. The minimum Gasteiger partial charge on any atom is -0.462 e. The minimum absolute atomic E-state index is 0.125. The molecule has 0 bridgehead atoms. The third kappa shape index (κ3) is 56.2. The SMILES string of the molecule is CC/C=C\C/C=C\C/C=C\C/C=C\C/C=C\C/C=C\CCC(=O)OC[C@@H](COC(=O)CCCCCCC/C=C\CCCCCCCCC)OC(=O)CCCCC/C=C\C/C=C\C/C=C\C/C=C\C/C=C\CC. The third-order valence-electron chi connectivity index (χ3n) is 11.6. The Hall–Kier alpha value is -4.71. The molecule has 0 rings (SSSR count). The van der Waals surface area contributed by atoms with Gasteiger partial charge in [-0.1, -0.05) is 231 Å². The van der Waals surface area contributed by atoms with Crippen molar-refractivity contribution in [2.45, 2.75) is 239 Å². The molecule has 1 atom stereocenters. The molecule has 0 aliphatic carbocycles. The number of hydrogen-bond donors (Lipinski definition) is 0. The third-order valence-corrected chi connectivity index (χ3v) is 11.6. The highest BCUT2D eigenvalue weighted by Gasteiger charge is 2.19. The zero-order chi connectivity index (χ0) is 52.2. The van der Waals surface area contributed by atoms with Crippen LogP contribution in [0.25, 0.3) is 0 Å². The van der Waals surface area contributed by atoms with E-state index in [2.05, 4.69) is 154 Å². The van der Waals surface area contributed by atoms with Crippen molar-refractivity contribution in [3.8, 4) is 0 Å². The van der Waals surface area contributed by atoms with Gasteiger partial charge >= 0.3 is 17.9 Å². The molecule has 0 saturated carbocycles. The van der Waals surface area contributed by atoms with Crippen LogP contribution in [0.4, 0.5) is 0 Å². The summed E-state index contributed by atoms with van der Waals surface area (Å²) >= 11 is 0. The second-order valence-corrected chi connectivity index (χ2v) is 18.4. The summed E-state index contributed by atoms with van der Waals surface area (Å²) in [5.74, 6) is -1.06. The molecule has 0 N–H and O–H groups in total. The van der Waals surface area contributed by atoms with Crippen LogP contribution in [-0.2, 0) is 28.6 Å². The van der Waals surface area contributed by atoms with Crippen molar-refractivity contribution in [1.82, 2.24) is 0 Å². The van der Waals surface area contributed by atoms with Crippen molar-refractivity contribution in [3.05, 3.63) is 146 Å². The van der Waals surface area contributed by atoms with Crippen molar-refractivity contribution >= 4 is 17.9 Å². The molecule has 0 aliphatic rings. The Kier molecular flexibility index (Phi) is 55.0. The molecule has 0 heterocycles. The van der Waals surface area contributed by atoms with E-state index in [0.29, 0.717) is 19.3 Å². The molecule has 0 amide bonds. The summed E-state index contributed by atoms with van der Waals surface area (Å²) < 4.78 is 16.8. The van der Waals surface area contributed by atoms with Crippen molar-refractivity contribution in [2.75, 3.05) is 13.2 Å². The van der Waals surface area contributed by atoms with Crippen LogP contribution < -0.4 is 0 Å². The molecular weight excluding hydrogens is 889 g/mol. The average molecular weight is 994 g/mol. The van der Waals surface area contributed by atoms with Gasteiger partial charge in [0, 0.05) is 19.3 Å². The minimum atomic E-state index is -0.837. The Morgan fingerprint density at radius 2 is 0.569 bits per heavy atom. The van der Waals surface area contributed by atoms with Gasteiger partial charge in [0.25, 0.3) is 0 Å². The Morgan fingerprint density at radius 1 is 0.292 bits per heavy atom. The molecule has 72 heavy (non-hydrogen) atoms. The molecule has 0 aliphatic heterocycles. The number of hydrogen-bond acceptors (Lipinski definition) is 6. The van der Waals surface area contributed by atoms with E-state index in [-0.39, 0.29) is 44.0 Å². The topological polar surface area (TPSA) is 78.9 Å². The first-order valence-electron chi connectivity index (χ1n) is 28.8. The van der Waals surface area contributed by atoms with Crippen LogP contribution in [-0.4, -0.2) is 37.2 Å². The lowest BCUT2D eigenvalue weighted by Gasteiger charge is -2.18. The highest BCUT2D eigenvalue weighted by Crippen LogP contribution is 2.13. The largest absolute Gasteiger partial charge is 0.462 e. The Labute approximate surface area is 442 Å². The maximum absolute atomic E-state index is 12.9. The van der Waals surface area contributed by atoms with E-state index in [4.69, 9.17) is 14.2 Å². The summed E-state index contributed by atoms with van der Waals surface area (Å²) in [6, 6.07) is 0. The Morgan fingerprint density at radius 3 is 0.958 bits per heavy atom. The van der Waals surface area contributed by atoms with Gasteiger partial charge in [-0.15, -0.1) is 0 Å².